The Kier molecular flexibility index (Phi) is 7.67. The van der Waals surface area contributed by atoms with Gasteiger partial charge in [-0.05, 0) is 95.6 Å². The number of fused-ring (bicyclic) bond motifs is 1. The molecule has 1 heterocycles. The Bertz CT molecular complexity index is 1440. The summed E-state index contributed by atoms with van der Waals surface area (Å²) in [6.07, 6.45) is 1.79. The van der Waals surface area contributed by atoms with Gasteiger partial charge in [0.15, 0.2) is 11.5 Å². The largest absolute Gasteiger partial charge is 0.490 e. The number of halogens is 3. The van der Waals surface area contributed by atoms with Crippen LogP contribution in [0.5, 0.6) is 11.5 Å². The minimum Gasteiger partial charge on any atom is -0.490 e. The zero-order valence-electron chi connectivity index (χ0n) is 18.5. The fraction of sp³-hybridized carbons (Fsp3) is 0.154. The summed E-state index contributed by atoms with van der Waals surface area (Å²) in [7, 11) is 0. The Morgan fingerprint density at radius 1 is 1.12 bits per heavy atom. The van der Waals surface area contributed by atoms with Crippen LogP contribution in [0.15, 0.2) is 48.5 Å². The van der Waals surface area contributed by atoms with Gasteiger partial charge in [-0.1, -0.05) is 35.3 Å². The molecule has 0 spiro atoms. The van der Waals surface area contributed by atoms with Crippen molar-refractivity contribution < 1.29 is 9.47 Å². The number of hydrogen-bond donors (Lipinski definition) is 1. The number of aromatic amines is 1. The number of benzene rings is 3. The van der Waals surface area contributed by atoms with Gasteiger partial charge in [-0.25, -0.2) is 4.98 Å². The first kappa shape index (κ1) is 24.4. The number of aryl methyl sites for hydroxylation is 1. The van der Waals surface area contributed by atoms with E-state index in [1.54, 1.807) is 18.2 Å². The van der Waals surface area contributed by atoms with E-state index in [1.807, 2.05) is 50.2 Å². The maximum Gasteiger partial charge on any atom is 0.175 e. The molecule has 0 aliphatic rings. The lowest BCUT2D eigenvalue weighted by Crippen LogP contribution is -2.02. The highest BCUT2D eigenvalue weighted by molar-refractivity contribution is 14.1. The van der Waals surface area contributed by atoms with Crippen molar-refractivity contribution in [1.82, 2.24) is 9.97 Å². The van der Waals surface area contributed by atoms with Gasteiger partial charge in [0.05, 0.1) is 36.8 Å². The summed E-state index contributed by atoms with van der Waals surface area (Å²) in [5.41, 5.74) is 4.96. The molecule has 5 nitrogen and oxygen atoms in total. The molecule has 3 aromatic carbocycles. The molecular formula is C26H20Cl2IN3O2. The number of nitrogens with zero attached hydrogens (tertiary/aromatic N) is 2. The van der Waals surface area contributed by atoms with E-state index >= 15 is 0 Å². The molecular weight excluding hydrogens is 584 g/mol. The van der Waals surface area contributed by atoms with E-state index in [0.29, 0.717) is 46.2 Å². The van der Waals surface area contributed by atoms with Crippen LogP contribution in [0.25, 0.3) is 22.7 Å². The standard InChI is InChI=1S/C26H20Cl2IN3O2/c1-3-33-24-12-17(9-18(13-30)26-31-22-7-4-15(2)8-23(22)32-26)11-21(29)25(24)34-14-16-5-6-19(27)20(28)10-16/h4-12H,3,14H2,1-2H3,(H,31,32)/b18-9-. The second kappa shape index (κ2) is 10.7. The zero-order valence-corrected chi connectivity index (χ0v) is 22.1. The van der Waals surface area contributed by atoms with Gasteiger partial charge >= 0.3 is 0 Å². The molecule has 1 N–H and O–H groups in total. The number of imidazole rings is 1. The number of nitrogens with one attached hydrogen (secondary N) is 1. The third kappa shape index (κ3) is 5.49. The smallest absolute Gasteiger partial charge is 0.175 e. The Balaban J connectivity index is 1.65. The Morgan fingerprint density at radius 2 is 1.94 bits per heavy atom. The van der Waals surface area contributed by atoms with Crippen LogP contribution in [0.2, 0.25) is 10.0 Å². The molecule has 0 radical (unpaired) electrons. The predicted octanol–water partition coefficient (Wildman–Crippen LogP) is 7.82. The third-order valence-corrected chi connectivity index (χ3v) is 6.56. The van der Waals surface area contributed by atoms with E-state index < -0.39 is 0 Å². The molecule has 0 aliphatic carbocycles. The Labute approximate surface area is 221 Å². The van der Waals surface area contributed by atoms with Crippen molar-refractivity contribution in [3.63, 3.8) is 0 Å². The van der Waals surface area contributed by atoms with Gasteiger partial charge in [0.1, 0.15) is 18.5 Å². The number of ether oxygens (including phenoxy) is 2. The predicted molar refractivity (Wildman–Crippen MR) is 145 cm³/mol. The van der Waals surface area contributed by atoms with Gasteiger partial charge in [-0.2, -0.15) is 5.26 Å². The lowest BCUT2D eigenvalue weighted by Gasteiger charge is -2.15. The summed E-state index contributed by atoms with van der Waals surface area (Å²) in [6, 6.07) is 17.4. The van der Waals surface area contributed by atoms with Gasteiger partial charge in [0.2, 0.25) is 0 Å². The van der Waals surface area contributed by atoms with Gasteiger partial charge in [0, 0.05) is 0 Å². The second-order valence-corrected chi connectivity index (χ2v) is 9.55. The molecule has 0 amide bonds. The lowest BCUT2D eigenvalue weighted by atomic mass is 10.1. The molecule has 0 bridgehead atoms. The zero-order chi connectivity index (χ0) is 24.2. The van der Waals surface area contributed by atoms with Crippen LogP contribution in [0.1, 0.15) is 29.4 Å². The first-order valence-corrected chi connectivity index (χ1v) is 12.3. The highest BCUT2D eigenvalue weighted by Gasteiger charge is 2.14. The molecule has 0 saturated heterocycles. The van der Waals surface area contributed by atoms with Gasteiger partial charge < -0.3 is 14.5 Å². The first-order valence-electron chi connectivity index (χ1n) is 10.5. The summed E-state index contributed by atoms with van der Waals surface area (Å²) in [6.45, 7) is 4.71. The number of hydrogen-bond acceptors (Lipinski definition) is 4. The molecule has 0 aliphatic heterocycles. The van der Waals surface area contributed by atoms with Crippen molar-refractivity contribution in [2.75, 3.05) is 6.61 Å². The fourth-order valence-corrected chi connectivity index (χ4v) is 4.53. The summed E-state index contributed by atoms with van der Waals surface area (Å²) >= 11 is 14.3. The van der Waals surface area contributed by atoms with Crippen LogP contribution in [-0.4, -0.2) is 16.6 Å². The molecule has 34 heavy (non-hydrogen) atoms. The molecule has 0 saturated carbocycles. The van der Waals surface area contributed by atoms with E-state index in [1.165, 1.54) is 0 Å². The van der Waals surface area contributed by atoms with Gasteiger partial charge in [-0.15, -0.1) is 0 Å². The lowest BCUT2D eigenvalue weighted by molar-refractivity contribution is 0.267. The van der Waals surface area contributed by atoms with Crippen molar-refractivity contribution in [1.29, 1.82) is 5.26 Å². The van der Waals surface area contributed by atoms with E-state index in [4.69, 9.17) is 32.7 Å². The Hall–Kier alpha value is -2.73. The molecule has 0 unspecified atom stereocenters. The molecule has 0 fully saturated rings. The molecule has 0 atom stereocenters. The number of nitriles is 1. The average molecular weight is 604 g/mol. The number of aromatic nitrogens is 2. The fourth-order valence-electron chi connectivity index (χ4n) is 3.43. The van der Waals surface area contributed by atoms with Crippen LogP contribution < -0.4 is 9.47 Å². The van der Waals surface area contributed by atoms with Crippen LogP contribution in [-0.2, 0) is 6.61 Å². The minimum absolute atomic E-state index is 0.310. The number of allylic oxidation sites excluding steroid dienone is 1. The quantitative estimate of drug-likeness (QED) is 0.173. The highest BCUT2D eigenvalue weighted by Crippen LogP contribution is 2.36. The van der Waals surface area contributed by atoms with Gasteiger partial charge in [0.25, 0.3) is 0 Å². The van der Waals surface area contributed by atoms with Crippen molar-refractivity contribution in [3.05, 3.63) is 84.7 Å². The van der Waals surface area contributed by atoms with Crippen molar-refractivity contribution in [3.8, 4) is 17.6 Å². The third-order valence-electron chi connectivity index (χ3n) is 5.02. The highest BCUT2D eigenvalue weighted by atomic mass is 127. The average Bonchev–Trinajstić information content (AvgIpc) is 3.22. The van der Waals surface area contributed by atoms with Crippen molar-refractivity contribution in [2.24, 2.45) is 0 Å². The monoisotopic (exact) mass is 603 g/mol. The van der Waals surface area contributed by atoms with E-state index in [-0.39, 0.29) is 0 Å². The van der Waals surface area contributed by atoms with Crippen LogP contribution >= 0.6 is 45.8 Å². The topological polar surface area (TPSA) is 70.9 Å². The summed E-state index contributed by atoms with van der Waals surface area (Å²) in [5.74, 6) is 1.75. The summed E-state index contributed by atoms with van der Waals surface area (Å²) < 4.78 is 12.8. The normalized spacial score (nSPS) is 11.5. The summed E-state index contributed by atoms with van der Waals surface area (Å²) in [4.78, 5) is 7.81. The van der Waals surface area contributed by atoms with E-state index in [0.717, 1.165) is 31.3 Å². The molecule has 4 rings (SSSR count). The minimum atomic E-state index is 0.310. The van der Waals surface area contributed by atoms with Crippen LogP contribution in [0.4, 0.5) is 0 Å². The molecule has 1 aromatic heterocycles. The summed E-state index contributed by atoms with van der Waals surface area (Å²) in [5, 5.41) is 10.8. The van der Waals surface area contributed by atoms with E-state index in [9.17, 15) is 5.26 Å². The number of rotatable bonds is 7. The molecule has 4 aromatic rings. The van der Waals surface area contributed by atoms with Crippen LogP contribution in [0.3, 0.4) is 0 Å². The van der Waals surface area contributed by atoms with Crippen molar-refractivity contribution in [2.45, 2.75) is 20.5 Å². The maximum atomic E-state index is 9.81. The molecule has 172 valence electrons. The first-order chi connectivity index (χ1) is 16.4. The Morgan fingerprint density at radius 3 is 2.68 bits per heavy atom. The number of H-pyrrole nitrogens is 1. The second-order valence-electron chi connectivity index (χ2n) is 7.58. The van der Waals surface area contributed by atoms with Gasteiger partial charge in [-0.3, -0.25) is 0 Å². The van der Waals surface area contributed by atoms with E-state index in [2.05, 4.69) is 38.6 Å². The van der Waals surface area contributed by atoms with Crippen molar-refractivity contribution >= 4 is 68.5 Å². The maximum absolute atomic E-state index is 9.81. The molecule has 8 heteroatoms. The van der Waals surface area contributed by atoms with Crippen LogP contribution in [0, 0.1) is 21.8 Å². The SMILES string of the molecule is CCOc1cc(/C=C(/C#N)c2nc3ccc(C)cc3[nH]2)cc(I)c1OCc1ccc(Cl)c(Cl)c1.